The molecule has 42 heavy (non-hydrogen) atoms. The van der Waals surface area contributed by atoms with Crippen LogP contribution in [0.2, 0.25) is 0 Å². The summed E-state index contributed by atoms with van der Waals surface area (Å²) in [7, 11) is 0. The third-order valence-electron chi connectivity index (χ3n) is 7.24. The van der Waals surface area contributed by atoms with Crippen LogP contribution in [0.4, 0.5) is 29.6 Å². The zero-order valence-corrected chi connectivity index (χ0v) is 24.0. The molecule has 3 heterocycles. The van der Waals surface area contributed by atoms with Gasteiger partial charge in [0.05, 0.1) is 11.6 Å². The van der Waals surface area contributed by atoms with Crippen LogP contribution in [-0.4, -0.2) is 66.3 Å². The molecule has 2 aliphatic rings. The fourth-order valence-electron chi connectivity index (χ4n) is 4.89. The smallest absolute Gasteiger partial charge is 0.444 e. The Balaban J connectivity index is 1.36. The van der Waals surface area contributed by atoms with Crippen LogP contribution in [0, 0.1) is 17.2 Å². The number of hydrogen-bond donors (Lipinski definition) is 2. The lowest BCUT2D eigenvalue weighted by Gasteiger charge is -2.41. The number of rotatable bonds is 8. The first-order valence-electron chi connectivity index (χ1n) is 14.0. The van der Waals surface area contributed by atoms with Crippen molar-refractivity contribution in [2.24, 2.45) is 5.92 Å². The van der Waals surface area contributed by atoms with E-state index in [4.69, 9.17) is 10.00 Å². The summed E-state index contributed by atoms with van der Waals surface area (Å²) in [5, 5.41) is 14.5. The molecule has 13 heteroatoms. The molecular formula is C29H36F3N7O3. The van der Waals surface area contributed by atoms with Gasteiger partial charge in [-0.25, -0.2) is 14.8 Å². The quantitative estimate of drug-likeness (QED) is 0.474. The molecule has 2 fully saturated rings. The summed E-state index contributed by atoms with van der Waals surface area (Å²) in [6, 6.07) is 10.0. The normalized spacial score (nSPS) is 17.7. The maximum absolute atomic E-state index is 13.8. The lowest BCUT2D eigenvalue weighted by molar-refractivity contribution is -0.144. The van der Waals surface area contributed by atoms with Gasteiger partial charge >= 0.3 is 12.3 Å². The molecule has 2 saturated heterocycles. The monoisotopic (exact) mass is 587 g/mol. The van der Waals surface area contributed by atoms with Crippen molar-refractivity contribution >= 4 is 23.6 Å². The van der Waals surface area contributed by atoms with E-state index >= 15 is 0 Å². The number of nitrogens with zero attached hydrogens (tertiary/aromatic N) is 5. The van der Waals surface area contributed by atoms with Crippen molar-refractivity contribution in [2.75, 3.05) is 42.5 Å². The lowest BCUT2D eigenvalue weighted by atomic mass is 9.97. The minimum absolute atomic E-state index is 0.0690. The topological polar surface area (TPSA) is 123 Å². The van der Waals surface area contributed by atoms with Crippen molar-refractivity contribution in [1.29, 1.82) is 5.26 Å². The van der Waals surface area contributed by atoms with Crippen LogP contribution in [0.3, 0.4) is 0 Å². The zero-order valence-electron chi connectivity index (χ0n) is 24.0. The van der Waals surface area contributed by atoms with Crippen molar-refractivity contribution in [3.63, 3.8) is 0 Å². The zero-order chi connectivity index (χ0) is 30.5. The number of hydrogen-bond acceptors (Lipinski definition) is 8. The van der Waals surface area contributed by atoms with Gasteiger partial charge in [0.2, 0.25) is 11.7 Å². The van der Waals surface area contributed by atoms with Crippen molar-refractivity contribution in [2.45, 2.75) is 64.3 Å². The van der Waals surface area contributed by atoms with Crippen molar-refractivity contribution < 1.29 is 27.5 Å². The summed E-state index contributed by atoms with van der Waals surface area (Å²) in [5.41, 5.74) is 0.908. The second kappa shape index (κ2) is 12.8. The minimum Gasteiger partial charge on any atom is -0.444 e. The molecule has 2 N–H and O–H groups in total. The molecule has 0 bridgehead atoms. The second-order valence-electron chi connectivity index (χ2n) is 11.6. The van der Waals surface area contributed by atoms with Gasteiger partial charge in [-0.1, -0.05) is 12.1 Å². The van der Waals surface area contributed by atoms with Gasteiger partial charge in [0.1, 0.15) is 23.3 Å². The number of ether oxygens (including phenoxy) is 1. The summed E-state index contributed by atoms with van der Waals surface area (Å²) < 4.78 is 46.6. The summed E-state index contributed by atoms with van der Waals surface area (Å²) in [5.74, 6) is -1.13. The Morgan fingerprint density at radius 3 is 2.26 bits per heavy atom. The highest BCUT2D eigenvalue weighted by molar-refractivity contribution is 5.86. The Hall–Kier alpha value is -4.08. The first-order valence-corrected chi connectivity index (χ1v) is 14.0. The van der Waals surface area contributed by atoms with Gasteiger partial charge in [0.15, 0.2) is 0 Å². The van der Waals surface area contributed by atoms with E-state index in [1.807, 2.05) is 12.1 Å². The SMILES string of the molecule is CC(C)(C)OC(=O)NCC1CCN(c2cc(N3CC[C@H]3C(=O)NCCc3ccc(C#N)cc3)nc(C(F)(F)F)n2)CC1. The number of nitriles is 1. The Morgan fingerprint density at radius 2 is 1.69 bits per heavy atom. The number of carbonyl (C=O) groups is 2. The van der Waals surface area contributed by atoms with Crippen LogP contribution in [0.25, 0.3) is 0 Å². The Kier molecular flexibility index (Phi) is 9.43. The summed E-state index contributed by atoms with van der Waals surface area (Å²) in [6.45, 7) is 7.46. The van der Waals surface area contributed by atoms with Crippen LogP contribution >= 0.6 is 0 Å². The predicted molar refractivity (Wildman–Crippen MR) is 150 cm³/mol. The van der Waals surface area contributed by atoms with Gasteiger partial charge in [-0.05, 0) is 70.1 Å². The van der Waals surface area contributed by atoms with E-state index in [2.05, 4.69) is 26.7 Å². The molecular weight excluding hydrogens is 551 g/mol. The molecule has 226 valence electrons. The van der Waals surface area contributed by atoms with Crippen LogP contribution < -0.4 is 20.4 Å². The lowest BCUT2D eigenvalue weighted by Crippen LogP contribution is -2.57. The molecule has 0 aliphatic carbocycles. The molecule has 10 nitrogen and oxygen atoms in total. The number of aromatic nitrogens is 2. The van der Waals surface area contributed by atoms with E-state index in [1.165, 1.54) is 6.07 Å². The molecule has 0 unspecified atom stereocenters. The molecule has 4 rings (SSSR count). The molecule has 0 radical (unpaired) electrons. The first-order chi connectivity index (χ1) is 19.8. The average Bonchev–Trinajstić information content (AvgIpc) is 2.90. The van der Waals surface area contributed by atoms with Gasteiger partial charge in [-0.3, -0.25) is 4.79 Å². The summed E-state index contributed by atoms with van der Waals surface area (Å²) in [6.07, 6.45) is -2.87. The standard InChI is InChI=1S/C29H36F3N7O3/c1-28(2,3)42-27(41)35-18-21-9-13-38(14-10-21)23-16-24(37-26(36-23)29(30,31)32)39-15-11-22(39)25(40)34-12-8-19-4-6-20(17-33)7-5-19/h4-7,16,21-22H,8-15,18H2,1-3H3,(H,34,40)(H,35,41)/t22-/m0/s1. The fraction of sp³-hybridized carbons (Fsp3) is 0.552. The Bertz CT molecular complexity index is 1300. The number of carbonyl (C=O) groups excluding carboxylic acids is 2. The minimum atomic E-state index is -4.75. The molecule has 2 aromatic rings. The van der Waals surface area contributed by atoms with Crippen LogP contribution in [0.15, 0.2) is 30.3 Å². The third-order valence-corrected chi connectivity index (χ3v) is 7.24. The van der Waals surface area contributed by atoms with E-state index in [1.54, 1.807) is 42.7 Å². The van der Waals surface area contributed by atoms with Crippen molar-refractivity contribution in [3.8, 4) is 6.07 Å². The summed E-state index contributed by atoms with van der Waals surface area (Å²) in [4.78, 5) is 35.8. The van der Waals surface area contributed by atoms with Gasteiger partial charge in [-0.2, -0.15) is 18.4 Å². The maximum Gasteiger partial charge on any atom is 0.451 e. The van der Waals surface area contributed by atoms with E-state index in [9.17, 15) is 22.8 Å². The fourth-order valence-corrected chi connectivity index (χ4v) is 4.89. The number of alkyl carbamates (subject to hydrolysis) is 1. The number of halogens is 3. The number of benzene rings is 1. The highest BCUT2D eigenvalue weighted by Gasteiger charge is 2.40. The number of nitrogens with one attached hydrogen (secondary N) is 2. The van der Waals surface area contributed by atoms with E-state index in [-0.39, 0.29) is 23.5 Å². The van der Waals surface area contributed by atoms with E-state index in [0.29, 0.717) is 64.0 Å². The van der Waals surface area contributed by atoms with Gasteiger partial charge in [-0.15, -0.1) is 0 Å². The first kappa shape index (κ1) is 30.9. The summed E-state index contributed by atoms with van der Waals surface area (Å²) >= 11 is 0. The van der Waals surface area contributed by atoms with Crippen molar-refractivity contribution in [3.05, 3.63) is 47.3 Å². The third kappa shape index (κ3) is 8.24. The van der Waals surface area contributed by atoms with Gasteiger partial charge < -0.3 is 25.2 Å². The number of amides is 2. The molecule has 1 aromatic heterocycles. The van der Waals surface area contributed by atoms with E-state index in [0.717, 1.165) is 5.56 Å². The molecule has 1 aromatic carbocycles. The van der Waals surface area contributed by atoms with Crippen LogP contribution in [0.1, 0.15) is 57.0 Å². The van der Waals surface area contributed by atoms with Crippen LogP contribution in [-0.2, 0) is 22.1 Å². The van der Waals surface area contributed by atoms with Crippen LogP contribution in [0.5, 0.6) is 0 Å². The predicted octanol–water partition coefficient (Wildman–Crippen LogP) is 4.05. The van der Waals surface area contributed by atoms with Gasteiger partial charge in [0, 0.05) is 38.8 Å². The van der Waals surface area contributed by atoms with Gasteiger partial charge in [0.25, 0.3) is 0 Å². The maximum atomic E-state index is 13.8. The van der Waals surface area contributed by atoms with Crippen molar-refractivity contribution in [1.82, 2.24) is 20.6 Å². The highest BCUT2D eigenvalue weighted by Crippen LogP contribution is 2.34. The average molecular weight is 588 g/mol. The number of alkyl halides is 3. The largest absolute Gasteiger partial charge is 0.451 e. The Labute approximate surface area is 243 Å². The Morgan fingerprint density at radius 1 is 1.02 bits per heavy atom. The highest BCUT2D eigenvalue weighted by atomic mass is 19.4. The number of piperidine rings is 1. The number of anilines is 2. The second-order valence-corrected chi connectivity index (χ2v) is 11.6. The molecule has 0 spiro atoms. The van der Waals surface area contributed by atoms with E-state index < -0.39 is 29.7 Å². The molecule has 0 saturated carbocycles. The molecule has 2 amide bonds. The molecule has 1 atom stereocenters. The molecule has 2 aliphatic heterocycles.